The maximum atomic E-state index is 12.6. The van der Waals surface area contributed by atoms with E-state index >= 15 is 0 Å². The smallest absolute Gasteiger partial charge is 0.225 e. The van der Waals surface area contributed by atoms with Crippen molar-refractivity contribution in [1.82, 2.24) is 15.5 Å². The summed E-state index contributed by atoms with van der Waals surface area (Å²) in [7, 11) is 1.80. The van der Waals surface area contributed by atoms with Crippen LogP contribution in [0.2, 0.25) is 0 Å². The van der Waals surface area contributed by atoms with Gasteiger partial charge in [0.25, 0.3) is 0 Å². The van der Waals surface area contributed by atoms with E-state index in [2.05, 4.69) is 47.7 Å². The highest BCUT2D eigenvalue weighted by atomic mass is 127. The van der Waals surface area contributed by atoms with E-state index in [0.717, 1.165) is 44.9 Å². The molecule has 2 N–H and O–H groups in total. The molecule has 0 aromatic heterocycles. The van der Waals surface area contributed by atoms with E-state index in [1.807, 2.05) is 4.90 Å². The number of hydrogen-bond acceptors (Lipinski definition) is 2. The van der Waals surface area contributed by atoms with Crippen molar-refractivity contribution in [3.05, 3.63) is 34.9 Å². The van der Waals surface area contributed by atoms with E-state index < -0.39 is 0 Å². The van der Waals surface area contributed by atoms with Gasteiger partial charge in [-0.1, -0.05) is 36.6 Å². The van der Waals surface area contributed by atoms with E-state index in [0.29, 0.717) is 5.91 Å². The number of rotatable bonds is 4. The van der Waals surface area contributed by atoms with Crippen LogP contribution in [-0.2, 0) is 11.3 Å². The van der Waals surface area contributed by atoms with E-state index in [9.17, 15) is 4.79 Å². The molecular weight excluding hydrogens is 451 g/mol. The monoisotopic (exact) mass is 484 g/mol. The topological polar surface area (TPSA) is 56.7 Å². The predicted molar refractivity (Wildman–Crippen MR) is 122 cm³/mol. The first-order valence-corrected chi connectivity index (χ1v) is 9.89. The molecule has 1 amide bonds. The zero-order chi connectivity index (χ0) is 18.5. The number of guanidine groups is 1. The summed E-state index contributed by atoms with van der Waals surface area (Å²) in [6.07, 6.45) is 5.56. The molecule has 27 heavy (non-hydrogen) atoms. The fourth-order valence-electron chi connectivity index (χ4n) is 4.12. The first-order chi connectivity index (χ1) is 12.6. The van der Waals surface area contributed by atoms with Crippen molar-refractivity contribution in [2.24, 2.45) is 10.9 Å². The Labute approximate surface area is 180 Å². The van der Waals surface area contributed by atoms with E-state index in [4.69, 9.17) is 0 Å². The van der Waals surface area contributed by atoms with Crippen LogP contribution >= 0.6 is 24.0 Å². The number of nitrogens with zero attached hydrogens (tertiary/aromatic N) is 2. The number of hydrogen-bond donors (Lipinski definition) is 2. The summed E-state index contributed by atoms with van der Waals surface area (Å²) >= 11 is 0. The van der Waals surface area contributed by atoms with Gasteiger partial charge in [0, 0.05) is 38.6 Å². The van der Waals surface area contributed by atoms with Crippen LogP contribution in [0.25, 0.3) is 0 Å². The Kier molecular flexibility index (Phi) is 8.38. The van der Waals surface area contributed by atoms with E-state index in [1.54, 1.807) is 7.05 Å². The third-order valence-corrected chi connectivity index (χ3v) is 5.71. The number of aryl methyl sites for hydroxylation is 2. The van der Waals surface area contributed by atoms with Gasteiger partial charge in [-0.3, -0.25) is 9.79 Å². The minimum atomic E-state index is 0. The molecule has 1 unspecified atom stereocenters. The van der Waals surface area contributed by atoms with Crippen molar-refractivity contribution < 1.29 is 4.79 Å². The fourth-order valence-corrected chi connectivity index (χ4v) is 4.12. The van der Waals surface area contributed by atoms with Gasteiger partial charge < -0.3 is 15.5 Å². The largest absolute Gasteiger partial charge is 0.352 e. The normalized spacial score (nSPS) is 20.5. The molecule has 1 aromatic carbocycles. The highest BCUT2D eigenvalue weighted by Gasteiger charge is 2.32. The molecule has 1 heterocycles. The number of nitrogens with one attached hydrogen (secondary N) is 2. The van der Waals surface area contributed by atoms with Gasteiger partial charge in [0.05, 0.1) is 0 Å². The molecule has 150 valence electrons. The van der Waals surface area contributed by atoms with Gasteiger partial charge in [-0.2, -0.15) is 0 Å². The Hall–Kier alpha value is -1.31. The summed E-state index contributed by atoms with van der Waals surface area (Å²) in [5.74, 6) is 1.45. The van der Waals surface area contributed by atoms with Crippen LogP contribution in [0, 0.1) is 19.8 Å². The number of carbonyl (C=O) groups is 1. The lowest BCUT2D eigenvalue weighted by molar-refractivity contribution is -0.134. The fraction of sp³-hybridized carbons (Fsp3) is 0.619. The molecule has 2 aliphatic rings. The van der Waals surface area contributed by atoms with Gasteiger partial charge in [0.2, 0.25) is 5.91 Å². The minimum Gasteiger partial charge on any atom is -0.352 e. The lowest BCUT2D eigenvalue weighted by atomic mass is 10.1. The van der Waals surface area contributed by atoms with Crippen molar-refractivity contribution in [2.75, 3.05) is 20.1 Å². The molecule has 6 heteroatoms. The molecular formula is C21H33IN4O. The zero-order valence-corrected chi connectivity index (χ0v) is 19.1. The Bertz CT molecular complexity index is 670. The summed E-state index contributed by atoms with van der Waals surface area (Å²) in [5, 5.41) is 6.89. The minimum absolute atomic E-state index is 0. The van der Waals surface area contributed by atoms with Crippen LogP contribution in [-0.4, -0.2) is 42.9 Å². The van der Waals surface area contributed by atoms with Crippen LogP contribution in [0.1, 0.15) is 48.8 Å². The Balaban J connectivity index is 0.00000261. The van der Waals surface area contributed by atoms with E-state index in [1.165, 1.54) is 29.5 Å². The van der Waals surface area contributed by atoms with Gasteiger partial charge in [0.1, 0.15) is 0 Å². The number of halogens is 1. The Morgan fingerprint density at radius 3 is 2.63 bits per heavy atom. The molecule has 1 saturated heterocycles. The second-order valence-corrected chi connectivity index (χ2v) is 7.75. The molecule has 1 aromatic rings. The summed E-state index contributed by atoms with van der Waals surface area (Å²) in [6.45, 7) is 6.66. The van der Waals surface area contributed by atoms with Gasteiger partial charge in [-0.25, -0.2) is 0 Å². The predicted octanol–water partition coefficient (Wildman–Crippen LogP) is 3.38. The second-order valence-electron chi connectivity index (χ2n) is 7.75. The van der Waals surface area contributed by atoms with Gasteiger partial charge >= 0.3 is 0 Å². The standard InChI is InChI=1S/C21H32N4O.HI/c1-15-8-9-18(16(2)12-15)13-23-21(22-3)24-19-10-11-25(14-19)20(26)17-6-4-5-7-17;/h8-9,12,17,19H,4-7,10-11,13-14H2,1-3H3,(H2,22,23,24);1H. The molecule has 5 nitrogen and oxygen atoms in total. The van der Waals surface area contributed by atoms with Crippen LogP contribution in [0.4, 0.5) is 0 Å². The number of benzene rings is 1. The number of amides is 1. The lowest BCUT2D eigenvalue weighted by Crippen LogP contribution is -2.45. The first-order valence-electron chi connectivity index (χ1n) is 9.89. The van der Waals surface area contributed by atoms with Crippen LogP contribution in [0.3, 0.4) is 0 Å². The maximum Gasteiger partial charge on any atom is 0.225 e. The average Bonchev–Trinajstić information content (AvgIpc) is 3.31. The molecule has 2 fully saturated rings. The van der Waals surface area contributed by atoms with Crippen molar-refractivity contribution in [3.63, 3.8) is 0 Å². The molecule has 0 bridgehead atoms. The Morgan fingerprint density at radius 1 is 1.22 bits per heavy atom. The first kappa shape index (κ1) is 22.0. The molecule has 1 atom stereocenters. The van der Waals surface area contributed by atoms with Crippen molar-refractivity contribution >= 4 is 35.8 Å². The molecule has 0 radical (unpaired) electrons. The summed E-state index contributed by atoms with van der Waals surface area (Å²) < 4.78 is 0. The average molecular weight is 484 g/mol. The van der Waals surface area contributed by atoms with Crippen LogP contribution in [0.15, 0.2) is 23.2 Å². The maximum absolute atomic E-state index is 12.6. The molecule has 1 saturated carbocycles. The second kappa shape index (κ2) is 10.3. The van der Waals surface area contributed by atoms with Crippen molar-refractivity contribution in [2.45, 2.75) is 58.5 Å². The van der Waals surface area contributed by atoms with Crippen LogP contribution in [0.5, 0.6) is 0 Å². The van der Waals surface area contributed by atoms with Gasteiger partial charge in [-0.05, 0) is 44.2 Å². The third kappa shape index (κ3) is 5.83. The third-order valence-electron chi connectivity index (χ3n) is 5.71. The van der Waals surface area contributed by atoms with Crippen molar-refractivity contribution in [3.8, 4) is 0 Å². The summed E-state index contributed by atoms with van der Waals surface area (Å²) in [4.78, 5) is 19.0. The Morgan fingerprint density at radius 2 is 1.96 bits per heavy atom. The summed E-state index contributed by atoms with van der Waals surface area (Å²) in [6, 6.07) is 6.80. The number of carbonyl (C=O) groups excluding carboxylic acids is 1. The van der Waals surface area contributed by atoms with E-state index in [-0.39, 0.29) is 35.9 Å². The highest BCUT2D eigenvalue weighted by molar-refractivity contribution is 14.0. The highest BCUT2D eigenvalue weighted by Crippen LogP contribution is 2.27. The quantitative estimate of drug-likeness (QED) is 0.392. The lowest BCUT2D eigenvalue weighted by Gasteiger charge is -2.21. The van der Waals surface area contributed by atoms with Gasteiger partial charge in [0.15, 0.2) is 5.96 Å². The molecule has 3 rings (SSSR count). The number of aliphatic imine (C=N–C) groups is 1. The molecule has 1 aliphatic heterocycles. The molecule has 0 spiro atoms. The van der Waals surface area contributed by atoms with Crippen LogP contribution < -0.4 is 10.6 Å². The SMILES string of the molecule is CN=C(NCc1ccc(C)cc1C)NC1CCN(C(=O)C2CCCC2)C1.I. The summed E-state index contributed by atoms with van der Waals surface area (Å²) in [5.41, 5.74) is 3.86. The number of likely N-dealkylation sites (tertiary alicyclic amines) is 1. The molecule has 1 aliphatic carbocycles. The zero-order valence-electron chi connectivity index (χ0n) is 16.8. The van der Waals surface area contributed by atoms with Gasteiger partial charge in [-0.15, -0.1) is 24.0 Å². The van der Waals surface area contributed by atoms with Crippen molar-refractivity contribution in [1.29, 1.82) is 0 Å².